The average Bonchev–Trinajstić information content (AvgIpc) is 2.92. The Bertz CT molecular complexity index is 1880. The van der Waals surface area contributed by atoms with E-state index in [-0.39, 0.29) is 4.90 Å². The molecule has 0 aromatic heterocycles. The number of fused-ring (bicyclic) bond motifs is 2. The molecule has 196 valence electrons. The first kappa shape index (κ1) is 26.3. The van der Waals surface area contributed by atoms with Crippen molar-refractivity contribution in [1.29, 1.82) is 0 Å². The molecule has 39 heavy (non-hydrogen) atoms. The first-order chi connectivity index (χ1) is 18.7. The van der Waals surface area contributed by atoms with Crippen LogP contribution in [0.1, 0.15) is 23.6 Å². The Kier molecular flexibility index (Phi) is 7.02. The minimum atomic E-state index is -3.91. The molecule has 0 fully saturated rings. The number of benzene rings is 5. The number of anilines is 1. The largest absolute Gasteiger partial charge is 0.495 e. The summed E-state index contributed by atoms with van der Waals surface area (Å²) >= 11 is 0. The van der Waals surface area contributed by atoms with Crippen molar-refractivity contribution in [3.05, 3.63) is 120 Å². The SMILES string of the molecule is C=C(C)/C=C\c1cccc(S(=O)(=O)Nc2cc(-c3c(C)ccc4ccccc34)c(OC)c3ccccc23)c1C. The molecule has 0 aliphatic carbocycles. The number of allylic oxidation sites excluding steroid dienone is 2. The molecule has 0 spiro atoms. The van der Waals surface area contributed by atoms with Crippen LogP contribution in [0.2, 0.25) is 0 Å². The molecule has 0 radical (unpaired) electrons. The predicted molar refractivity (Wildman–Crippen MR) is 164 cm³/mol. The van der Waals surface area contributed by atoms with Gasteiger partial charge < -0.3 is 4.74 Å². The lowest BCUT2D eigenvalue weighted by Gasteiger charge is -2.20. The quantitative estimate of drug-likeness (QED) is 0.213. The summed E-state index contributed by atoms with van der Waals surface area (Å²) in [6, 6.07) is 27.3. The van der Waals surface area contributed by atoms with Gasteiger partial charge in [0.1, 0.15) is 5.75 Å². The molecule has 0 atom stereocenters. The molecular weight excluding hydrogens is 502 g/mol. The monoisotopic (exact) mass is 533 g/mol. The second kappa shape index (κ2) is 10.4. The Morgan fingerprint density at radius 3 is 2.28 bits per heavy atom. The number of hydrogen-bond donors (Lipinski definition) is 1. The summed E-state index contributed by atoms with van der Waals surface area (Å²) in [6.45, 7) is 9.69. The summed E-state index contributed by atoms with van der Waals surface area (Å²) in [7, 11) is -2.26. The van der Waals surface area contributed by atoms with Crippen LogP contribution >= 0.6 is 0 Å². The number of nitrogens with one attached hydrogen (secondary N) is 1. The van der Waals surface area contributed by atoms with E-state index in [1.54, 1.807) is 19.2 Å². The van der Waals surface area contributed by atoms with Crippen LogP contribution in [0, 0.1) is 13.8 Å². The van der Waals surface area contributed by atoms with Crippen molar-refractivity contribution in [1.82, 2.24) is 0 Å². The zero-order valence-corrected chi connectivity index (χ0v) is 23.4. The highest BCUT2D eigenvalue weighted by Crippen LogP contribution is 2.45. The third-order valence-corrected chi connectivity index (χ3v) is 8.52. The van der Waals surface area contributed by atoms with Crippen molar-refractivity contribution >= 4 is 43.3 Å². The van der Waals surface area contributed by atoms with E-state index in [1.807, 2.05) is 74.5 Å². The van der Waals surface area contributed by atoms with Gasteiger partial charge in [0.15, 0.2) is 0 Å². The van der Waals surface area contributed by atoms with Crippen LogP contribution in [0.15, 0.2) is 108 Å². The van der Waals surface area contributed by atoms with Crippen molar-refractivity contribution in [2.24, 2.45) is 0 Å². The first-order valence-electron chi connectivity index (χ1n) is 12.8. The average molecular weight is 534 g/mol. The van der Waals surface area contributed by atoms with Gasteiger partial charge in [-0.05, 0) is 65.9 Å². The fourth-order valence-electron chi connectivity index (χ4n) is 5.11. The highest BCUT2D eigenvalue weighted by atomic mass is 32.2. The second-order valence-electron chi connectivity index (χ2n) is 9.78. The molecule has 0 amide bonds. The maximum atomic E-state index is 13.9. The second-order valence-corrected chi connectivity index (χ2v) is 11.4. The van der Waals surface area contributed by atoms with Crippen LogP contribution in [0.3, 0.4) is 0 Å². The predicted octanol–water partition coefficient (Wildman–Crippen LogP) is 8.68. The summed E-state index contributed by atoms with van der Waals surface area (Å²) in [6.07, 6.45) is 3.77. The van der Waals surface area contributed by atoms with Crippen molar-refractivity contribution in [3.63, 3.8) is 0 Å². The van der Waals surface area contributed by atoms with Gasteiger partial charge in [0.2, 0.25) is 0 Å². The molecule has 5 rings (SSSR count). The van der Waals surface area contributed by atoms with Gasteiger partial charge in [-0.15, -0.1) is 0 Å². The Morgan fingerprint density at radius 1 is 0.872 bits per heavy atom. The van der Waals surface area contributed by atoms with E-state index in [4.69, 9.17) is 4.74 Å². The highest BCUT2D eigenvalue weighted by Gasteiger charge is 2.23. The molecule has 0 bridgehead atoms. The van der Waals surface area contributed by atoms with Crippen LogP contribution in [-0.4, -0.2) is 15.5 Å². The maximum absolute atomic E-state index is 13.9. The molecule has 0 saturated heterocycles. The number of hydrogen-bond acceptors (Lipinski definition) is 3. The smallest absolute Gasteiger partial charge is 0.262 e. The standard InChI is InChI=1S/C34H31NO3S/c1-22(2)17-19-25-12-10-16-32(24(25)4)39(36,37)35-31-21-30(34(38-5)29-15-9-8-14-28(29)31)33-23(3)18-20-26-11-6-7-13-27(26)33/h6-21,35H,1H2,2-5H3/b19-17-. The van der Waals surface area contributed by atoms with Gasteiger partial charge in [-0.3, -0.25) is 4.72 Å². The Hall–Kier alpha value is -4.35. The molecular formula is C34H31NO3S. The minimum absolute atomic E-state index is 0.231. The first-order valence-corrected chi connectivity index (χ1v) is 14.2. The normalized spacial score (nSPS) is 11.8. The Morgan fingerprint density at radius 2 is 1.56 bits per heavy atom. The zero-order valence-electron chi connectivity index (χ0n) is 22.6. The molecule has 0 aliphatic rings. The Balaban J connectivity index is 1.73. The van der Waals surface area contributed by atoms with E-state index in [2.05, 4.69) is 42.5 Å². The van der Waals surface area contributed by atoms with Gasteiger partial charge in [0.05, 0.1) is 17.7 Å². The van der Waals surface area contributed by atoms with Crippen molar-refractivity contribution in [2.45, 2.75) is 25.7 Å². The lowest BCUT2D eigenvalue weighted by molar-refractivity contribution is 0.421. The molecule has 5 heteroatoms. The van der Waals surface area contributed by atoms with Crippen LogP contribution in [0.4, 0.5) is 5.69 Å². The summed E-state index contributed by atoms with van der Waals surface area (Å²) in [5.74, 6) is 0.705. The summed E-state index contributed by atoms with van der Waals surface area (Å²) < 4.78 is 36.6. The zero-order chi connectivity index (χ0) is 27.7. The molecule has 0 aliphatic heterocycles. The van der Waals surface area contributed by atoms with E-state index in [9.17, 15) is 8.42 Å². The van der Waals surface area contributed by atoms with E-state index in [1.165, 1.54) is 0 Å². The number of methoxy groups -OCH3 is 1. The number of aryl methyl sites for hydroxylation is 1. The number of sulfonamides is 1. The molecule has 5 aromatic carbocycles. The van der Waals surface area contributed by atoms with Gasteiger partial charge in [-0.2, -0.15) is 0 Å². The van der Waals surface area contributed by atoms with Crippen LogP contribution in [-0.2, 0) is 10.0 Å². The molecule has 0 unspecified atom stereocenters. The van der Waals surface area contributed by atoms with E-state index >= 15 is 0 Å². The molecule has 0 heterocycles. The number of rotatable bonds is 7. The summed E-state index contributed by atoms with van der Waals surface area (Å²) in [5, 5.41) is 3.77. The summed E-state index contributed by atoms with van der Waals surface area (Å²) in [5.41, 5.74) is 5.80. The maximum Gasteiger partial charge on any atom is 0.262 e. The fraction of sp³-hybridized carbons (Fsp3) is 0.118. The van der Waals surface area contributed by atoms with Crippen molar-refractivity contribution in [2.75, 3.05) is 11.8 Å². The highest BCUT2D eigenvalue weighted by molar-refractivity contribution is 7.92. The van der Waals surface area contributed by atoms with Crippen molar-refractivity contribution < 1.29 is 13.2 Å². The lowest BCUT2D eigenvalue weighted by atomic mass is 9.91. The van der Waals surface area contributed by atoms with Crippen LogP contribution in [0.5, 0.6) is 5.75 Å². The fourth-order valence-corrected chi connectivity index (χ4v) is 6.46. The topological polar surface area (TPSA) is 55.4 Å². The van der Waals surface area contributed by atoms with Gasteiger partial charge in [-0.1, -0.05) is 97.1 Å². The van der Waals surface area contributed by atoms with Gasteiger partial charge in [0, 0.05) is 16.3 Å². The summed E-state index contributed by atoms with van der Waals surface area (Å²) in [4.78, 5) is 0.231. The van der Waals surface area contributed by atoms with Crippen LogP contribution in [0.25, 0.3) is 38.7 Å². The van der Waals surface area contributed by atoms with E-state index in [0.29, 0.717) is 17.0 Å². The van der Waals surface area contributed by atoms with Crippen molar-refractivity contribution in [3.8, 4) is 16.9 Å². The Labute approximate surface area is 230 Å². The lowest BCUT2D eigenvalue weighted by Crippen LogP contribution is -2.15. The number of ether oxygens (including phenoxy) is 1. The third kappa shape index (κ3) is 4.93. The van der Waals surface area contributed by atoms with E-state index in [0.717, 1.165) is 49.4 Å². The molecule has 5 aromatic rings. The van der Waals surface area contributed by atoms with Crippen LogP contribution < -0.4 is 9.46 Å². The minimum Gasteiger partial charge on any atom is -0.495 e. The molecule has 4 nitrogen and oxygen atoms in total. The third-order valence-electron chi connectivity index (χ3n) is 7.01. The van der Waals surface area contributed by atoms with Gasteiger partial charge in [-0.25, -0.2) is 8.42 Å². The van der Waals surface area contributed by atoms with E-state index < -0.39 is 10.0 Å². The molecule has 0 saturated carbocycles. The van der Waals surface area contributed by atoms with Gasteiger partial charge in [0.25, 0.3) is 10.0 Å². The molecule has 1 N–H and O–H groups in total. The van der Waals surface area contributed by atoms with Gasteiger partial charge >= 0.3 is 0 Å².